The lowest BCUT2D eigenvalue weighted by molar-refractivity contribution is -0.136. The van der Waals surface area contributed by atoms with Gasteiger partial charge < -0.3 is 5.11 Å². The summed E-state index contributed by atoms with van der Waals surface area (Å²) in [6.07, 6.45) is 0. The summed E-state index contributed by atoms with van der Waals surface area (Å²) in [5, 5.41) is 7.35. The van der Waals surface area contributed by atoms with Gasteiger partial charge >= 0.3 is 5.97 Å². The molecule has 0 amide bonds. The van der Waals surface area contributed by atoms with Gasteiger partial charge in [0.1, 0.15) is 0 Å². The number of hydrogen-bond donors (Lipinski definition) is 2. The lowest BCUT2D eigenvalue weighted by Crippen LogP contribution is -2.31. The lowest BCUT2D eigenvalue weighted by Gasteiger charge is -2.08. The van der Waals surface area contributed by atoms with Crippen LogP contribution in [0.3, 0.4) is 0 Å². The Morgan fingerprint density at radius 1 is 1.44 bits per heavy atom. The van der Waals surface area contributed by atoms with E-state index in [4.69, 9.17) is 5.11 Å². The number of aromatic nitrogens is 1. The largest absolute Gasteiger partial charge is 0.480 e. The van der Waals surface area contributed by atoms with Crippen LogP contribution in [0.15, 0.2) is 24.3 Å². The number of thiazole rings is 1. The minimum Gasteiger partial charge on any atom is -0.480 e. The average molecular weight is 286 g/mol. The van der Waals surface area contributed by atoms with Crippen molar-refractivity contribution >= 4 is 42.7 Å². The van der Waals surface area contributed by atoms with Crippen LogP contribution < -0.4 is 4.72 Å². The number of aliphatic carboxylic acids is 1. The topological polar surface area (TPSA) is 96.4 Å². The summed E-state index contributed by atoms with van der Waals surface area (Å²) >= 11 is 1.16. The minimum absolute atomic E-state index is 0.171. The summed E-state index contributed by atoms with van der Waals surface area (Å²) in [7, 11) is -3.96. The first-order chi connectivity index (χ1) is 8.40. The van der Waals surface area contributed by atoms with Crippen molar-refractivity contribution in [2.24, 2.45) is 0 Å². The number of carbonyl (C=O) groups is 1. The predicted molar refractivity (Wildman–Crippen MR) is 69.3 cm³/mol. The molecule has 2 aromatic rings. The standard InChI is InChI=1S/C10H10N2O4S2/c1-6(9(13)14)18(15,16)12-10-11-7-4-2-3-5-8(7)17-10/h2-6H,1H3,(H,11,12)(H,13,14). The summed E-state index contributed by atoms with van der Waals surface area (Å²) in [5.74, 6) is -1.40. The molecule has 0 saturated heterocycles. The Balaban J connectivity index is 2.31. The van der Waals surface area contributed by atoms with Gasteiger partial charge in [0.15, 0.2) is 10.4 Å². The van der Waals surface area contributed by atoms with Gasteiger partial charge in [-0.05, 0) is 19.1 Å². The van der Waals surface area contributed by atoms with Crippen molar-refractivity contribution in [1.82, 2.24) is 4.98 Å². The van der Waals surface area contributed by atoms with E-state index in [1.807, 2.05) is 12.1 Å². The summed E-state index contributed by atoms with van der Waals surface area (Å²) in [6.45, 7) is 1.11. The van der Waals surface area contributed by atoms with Gasteiger partial charge in [-0.15, -0.1) is 0 Å². The molecule has 96 valence electrons. The maximum Gasteiger partial charge on any atom is 0.323 e. The second-order valence-electron chi connectivity index (χ2n) is 3.61. The Hall–Kier alpha value is -1.67. The highest BCUT2D eigenvalue weighted by Crippen LogP contribution is 2.26. The number of rotatable bonds is 4. The molecule has 8 heteroatoms. The molecule has 1 atom stereocenters. The van der Waals surface area contributed by atoms with Crippen LogP contribution in [0.25, 0.3) is 10.2 Å². The molecule has 1 heterocycles. The van der Waals surface area contributed by atoms with E-state index in [0.717, 1.165) is 23.0 Å². The molecular formula is C10H10N2O4S2. The number of sulfonamides is 1. The number of anilines is 1. The van der Waals surface area contributed by atoms with Crippen LogP contribution >= 0.6 is 11.3 Å². The highest BCUT2D eigenvalue weighted by Gasteiger charge is 2.28. The number of para-hydroxylation sites is 1. The Labute approximate surface area is 107 Å². The number of benzene rings is 1. The molecule has 0 saturated carbocycles. The molecule has 6 nitrogen and oxygen atoms in total. The summed E-state index contributed by atoms with van der Waals surface area (Å²) < 4.78 is 26.4. The van der Waals surface area contributed by atoms with E-state index in [2.05, 4.69) is 9.71 Å². The van der Waals surface area contributed by atoms with Crippen LogP contribution in [0.4, 0.5) is 5.13 Å². The molecule has 2 rings (SSSR count). The predicted octanol–water partition coefficient (Wildman–Crippen LogP) is 1.51. The molecule has 0 radical (unpaired) electrons. The molecule has 0 aliphatic rings. The molecule has 1 aromatic heterocycles. The maximum atomic E-state index is 11.7. The van der Waals surface area contributed by atoms with E-state index in [-0.39, 0.29) is 5.13 Å². The Morgan fingerprint density at radius 2 is 2.11 bits per heavy atom. The zero-order chi connectivity index (χ0) is 13.3. The maximum absolute atomic E-state index is 11.7. The van der Waals surface area contributed by atoms with Crippen LogP contribution in [-0.4, -0.2) is 29.7 Å². The van der Waals surface area contributed by atoms with E-state index >= 15 is 0 Å². The van der Waals surface area contributed by atoms with Crippen LogP contribution in [0.5, 0.6) is 0 Å². The molecule has 0 fully saturated rings. The van der Waals surface area contributed by atoms with Crippen molar-refractivity contribution in [3.05, 3.63) is 24.3 Å². The van der Waals surface area contributed by atoms with Gasteiger partial charge in [0.05, 0.1) is 10.2 Å². The Bertz CT molecular complexity index is 660. The van der Waals surface area contributed by atoms with Gasteiger partial charge in [-0.1, -0.05) is 23.5 Å². The van der Waals surface area contributed by atoms with Crippen LogP contribution in [0.2, 0.25) is 0 Å². The summed E-state index contributed by atoms with van der Waals surface area (Å²) in [4.78, 5) is 14.7. The van der Waals surface area contributed by atoms with Gasteiger partial charge in [-0.3, -0.25) is 9.52 Å². The summed E-state index contributed by atoms with van der Waals surface area (Å²) in [5.41, 5.74) is 0.670. The number of nitrogens with one attached hydrogen (secondary N) is 1. The first kappa shape index (κ1) is 12.8. The van der Waals surface area contributed by atoms with E-state index in [1.165, 1.54) is 0 Å². The van der Waals surface area contributed by atoms with E-state index in [9.17, 15) is 13.2 Å². The smallest absolute Gasteiger partial charge is 0.323 e. The highest BCUT2D eigenvalue weighted by atomic mass is 32.2. The molecule has 1 unspecified atom stereocenters. The van der Waals surface area contributed by atoms with Crippen molar-refractivity contribution in [1.29, 1.82) is 0 Å². The number of carboxylic acids is 1. The number of hydrogen-bond acceptors (Lipinski definition) is 5. The first-order valence-electron chi connectivity index (χ1n) is 5.00. The quantitative estimate of drug-likeness (QED) is 0.888. The number of fused-ring (bicyclic) bond motifs is 1. The molecule has 0 aliphatic heterocycles. The van der Waals surface area contributed by atoms with Crippen molar-refractivity contribution in [2.45, 2.75) is 12.2 Å². The van der Waals surface area contributed by atoms with Gasteiger partial charge in [0.2, 0.25) is 10.0 Å². The average Bonchev–Trinajstić information content (AvgIpc) is 2.68. The second kappa shape index (κ2) is 4.54. The van der Waals surface area contributed by atoms with Crippen LogP contribution in [0, 0.1) is 0 Å². The highest BCUT2D eigenvalue weighted by molar-refractivity contribution is 7.94. The SMILES string of the molecule is CC(C(=O)O)S(=O)(=O)Nc1nc2ccccc2s1. The summed E-state index contributed by atoms with van der Waals surface area (Å²) in [6, 6.07) is 7.18. The second-order valence-corrected chi connectivity index (χ2v) is 6.65. The molecular weight excluding hydrogens is 276 g/mol. The van der Waals surface area contributed by atoms with E-state index < -0.39 is 21.2 Å². The monoisotopic (exact) mass is 286 g/mol. The van der Waals surface area contributed by atoms with Crippen LogP contribution in [0.1, 0.15) is 6.92 Å². The van der Waals surface area contributed by atoms with Gasteiger partial charge in [-0.2, -0.15) is 0 Å². The van der Waals surface area contributed by atoms with Gasteiger partial charge in [-0.25, -0.2) is 13.4 Å². The Morgan fingerprint density at radius 3 is 2.72 bits per heavy atom. The Kier molecular flexibility index (Phi) is 3.22. The fourth-order valence-corrected chi connectivity index (χ4v) is 3.22. The fourth-order valence-electron chi connectivity index (χ4n) is 1.26. The third kappa shape index (κ3) is 2.44. The molecule has 0 bridgehead atoms. The van der Waals surface area contributed by atoms with Gasteiger partial charge in [0, 0.05) is 0 Å². The van der Waals surface area contributed by atoms with E-state index in [1.54, 1.807) is 12.1 Å². The third-order valence-electron chi connectivity index (χ3n) is 2.34. The third-order valence-corrected chi connectivity index (χ3v) is 5.03. The molecule has 0 aliphatic carbocycles. The van der Waals surface area contributed by atoms with E-state index in [0.29, 0.717) is 5.52 Å². The zero-order valence-corrected chi connectivity index (χ0v) is 11.0. The van der Waals surface area contributed by atoms with Gasteiger partial charge in [0.25, 0.3) is 0 Å². The molecule has 18 heavy (non-hydrogen) atoms. The zero-order valence-electron chi connectivity index (χ0n) is 9.32. The van der Waals surface area contributed by atoms with Crippen LogP contribution in [-0.2, 0) is 14.8 Å². The first-order valence-corrected chi connectivity index (χ1v) is 7.36. The molecule has 2 N–H and O–H groups in total. The number of nitrogens with zero attached hydrogens (tertiary/aromatic N) is 1. The normalized spacial score (nSPS) is 13.4. The minimum atomic E-state index is -3.96. The molecule has 1 aromatic carbocycles. The lowest BCUT2D eigenvalue weighted by atomic mass is 10.3. The van der Waals surface area contributed by atoms with Crippen molar-refractivity contribution in [3.8, 4) is 0 Å². The van der Waals surface area contributed by atoms with Crippen molar-refractivity contribution < 1.29 is 18.3 Å². The number of carboxylic acid groups (broad SMARTS) is 1. The molecule has 0 spiro atoms. The van der Waals surface area contributed by atoms with Crippen molar-refractivity contribution in [2.75, 3.05) is 4.72 Å². The fraction of sp³-hybridized carbons (Fsp3) is 0.200. The van der Waals surface area contributed by atoms with Crippen molar-refractivity contribution in [3.63, 3.8) is 0 Å².